The molecule has 1 aliphatic rings. The summed E-state index contributed by atoms with van der Waals surface area (Å²) in [4.78, 5) is 0.160. The lowest BCUT2D eigenvalue weighted by atomic mass is 10.0. The SMILES string of the molecule is COc1ccc(S(=O)(=O)N2CCCc3cc(NS(=O)(=O)c4c(C)noc4C)ccc32)cc1. The fourth-order valence-electron chi connectivity index (χ4n) is 3.82. The molecule has 0 unspecified atom stereocenters. The lowest BCUT2D eigenvalue weighted by Gasteiger charge is -2.31. The van der Waals surface area contributed by atoms with E-state index in [2.05, 4.69) is 9.88 Å². The van der Waals surface area contributed by atoms with Gasteiger partial charge in [0.1, 0.15) is 11.4 Å². The zero-order chi connectivity index (χ0) is 23.1. The second kappa shape index (κ2) is 8.14. The standard InChI is InChI=1S/C21H23N3O6S2/c1-14-21(15(2)30-22-14)31(25,26)23-17-6-11-20-16(13-17)5-4-12-24(20)32(27,28)19-9-7-18(29-3)8-10-19/h6-11,13,23H,4-5,12H2,1-3H3. The zero-order valence-electron chi connectivity index (χ0n) is 17.8. The number of nitrogens with one attached hydrogen (secondary N) is 1. The van der Waals surface area contributed by atoms with E-state index in [1.165, 1.54) is 30.5 Å². The van der Waals surface area contributed by atoms with E-state index in [1.807, 2.05) is 0 Å². The minimum Gasteiger partial charge on any atom is -0.497 e. The van der Waals surface area contributed by atoms with Crippen LogP contribution in [0.25, 0.3) is 0 Å². The van der Waals surface area contributed by atoms with Gasteiger partial charge in [-0.2, -0.15) is 0 Å². The molecule has 170 valence electrons. The quantitative estimate of drug-likeness (QED) is 0.579. The Kier molecular flexibility index (Phi) is 5.63. The number of fused-ring (bicyclic) bond motifs is 1. The van der Waals surface area contributed by atoms with Crippen molar-refractivity contribution in [3.8, 4) is 5.75 Å². The van der Waals surface area contributed by atoms with Crippen LogP contribution in [0.1, 0.15) is 23.4 Å². The molecule has 0 amide bonds. The highest BCUT2D eigenvalue weighted by Crippen LogP contribution is 2.35. The van der Waals surface area contributed by atoms with Gasteiger partial charge in [0, 0.05) is 12.2 Å². The van der Waals surface area contributed by atoms with Gasteiger partial charge in [0.05, 0.1) is 17.7 Å². The minimum atomic E-state index is -3.90. The number of anilines is 2. The summed E-state index contributed by atoms with van der Waals surface area (Å²) in [7, 11) is -6.16. The number of aryl methyl sites for hydroxylation is 3. The summed E-state index contributed by atoms with van der Waals surface area (Å²) in [5.41, 5.74) is 1.89. The first-order valence-corrected chi connectivity index (χ1v) is 12.8. The van der Waals surface area contributed by atoms with Gasteiger partial charge in [-0.05, 0) is 74.7 Å². The molecule has 0 saturated carbocycles. The fourth-order valence-corrected chi connectivity index (χ4v) is 6.74. The molecule has 0 bridgehead atoms. The Morgan fingerprint density at radius 2 is 1.78 bits per heavy atom. The van der Waals surface area contributed by atoms with Crippen LogP contribution in [0.2, 0.25) is 0 Å². The number of rotatable bonds is 6. The lowest BCUT2D eigenvalue weighted by Crippen LogP contribution is -2.35. The smallest absolute Gasteiger partial charge is 0.267 e. The van der Waals surface area contributed by atoms with Gasteiger partial charge in [-0.15, -0.1) is 0 Å². The van der Waals surface area contributed by atoms with Gasteiger partial charge >= 0.3 is 0 Å². The van der Waals surface area contributed by atoms with E-state index < -0.39 is 20.0 Å². The summed E-state index contributed by atoms with van der Waals surface area (Å²) in [5.74, 6) is 0.767. The summed E-state index contributed by atoms with van der Waals surface area (Å²) >= 11 is 0. The Hall–Kier alpha value is -3.05. The maximum absolute atomic E-state index is 13.2. The normalized spacial score (nSPS) is 14.2. The summed E-state index contributed by atoms with van der Waals surface area (Å²) in [6.45, 7) is 3.43. The molecule has 0 atom stereocenters. The second-order valence-corrected chi connectivity index (χ2v) is 10.9. The summed E-state index contributed by atoms with van der Waals surface area (Å²) < 4.78 is 66.1. The Labute approximate surface area is 187 Å². The van der Waals surface area contributed by atoms with Crippen molar-refractivity contribution in [1.82, 2.24) is 5.16 Å². The van der Waals surface area contributed by atoms with Crippen molar-refractivity contribution in [2.75, 3.05) is 22.7 Å². The average molecular weight is 478 g/mol. The first-order valence-electron chi connectivity index (χ1n) is 9.89. The summed E-state index contributed by atoms with van der Waals surface area (Å²) in [6, 6.07) is 11.1. The molecule has 2 heterocycles. The number of hydrogen-bond acceptors (Lipinski definition) is 7. The monoisotopic (exact) mass is 477 g/mol. The molecule has 0 saturated heterocycles. The van der Waals surface area contributed by atoms with E-state index in [1.54, 1.807) is 37.3 Å². The molecule has 0 radical (unpaired) electrons. The molecular formula is C21H23N3O6S2. The fraction of sp³-hybridized carbons (Fsp3) is 0.286. The number of benzene rings is 2. The van der Waals surface area contributed by atoms with Crippen molar-refractivity contribution in [3.05, 3.63) is 59.5 Å². The van der Waals surface area contributed by atoms with Crippen molar-refractivity contribution in [2.24, 2.45) is 0 Å². The van der Waals surface area contributed by atoms with Crippen molar-refractivity contribution in [2.45, 2.75) is 36.5 Å². The van der Waals surface area contributed by atoms with E-state index in [0.717, 1.165) is 5.56 Å². The highest BCUT2D eigenvalue weighted by atomic mass is 32.2. The van der Waals surface area contributed by atoms with Crippen LogP contribution < -0.4 is 13.8 Å². The van der Waals surface area contributed by atoms with E-state index in [0.29, 0.717) is 36.5 Å². The van der Waals surface area contributed by atoms with E-state index in [9.17, 15) is 16.8 Å². The highest BCUT2D eigenvalue weighted by Gasteiger charge is 2.30. The number of methoxy groups -OCH3 is 1. The largest absolute Gasteiger partial charge is 0.497 e. The topological polar surface area (TPSA) is 119 Å². The van der Waals surface area contributed by atoms with Gasteiger partial charge in [-0.1, -0.05) is 5.16 Å². The molecule has 2 aromatic carbocycles. The van der Waals surface area contributed by atoms with E-state index >= 15 is 0 Å². The zero-order valence-corrected chi connectivity index (χ0v) is 19.5. The molecule has 0 fully saturated rings. The van der Waals surface area contributed by atoms with Crippen LogP contribution in [0.4, 0.5) is 11.4 Å². The third-order valence-corrected chi connectivity index (χ3v) is 8.74. The molecule has 11 heteroatoms. The van der Waals surface area contributed by atoms with Crippen LogP contribution in [0, 0.1) is 13.8 Å². The number of ether oxygens (including phenoxy) is 1. The number of sulfonamides is 2. The van der Waals surface area contributed by atoms with Gasteiger partial charge in [0.15, 0.2) is 10.7 Å². The Morgan fingerprint density at radius 1 is 1.06 bits per heavy atom. The molecule has 3 aromatic rings. The third-order valence-electron chi connectivity index (χ3n) is 5.29. The molecule has 32 heavy (non-hydrogen) atoms. The predicted octanol–water partition coefficient (Wildman–Crippen LogP) is 3.24. The summed E-state index contributed by atoms with van der Waals surface area (Å²) in [6.07, 6.45) is 1.24. The maximum atomic E-state index is 13.2. The number of aromatic nitrogens is 1. The van der Waals surface area contributed by atoms with Crippen LogP contribution in [0.3, 0.4) is 0 Å². The van der Waals surface area contributed by atoms with Crippen molar-refractivity contribution < 1.29 is 26.1 Å². The van der Waals surface area contributed by atoms with Crippen LogP contribution in [0.15, 0.2) is 56.8 Å². The number of nitrogens with zero attached hydrogens (tertiary/aromatic N) is 2. The van der Waals surface area contributed by atoms with Gasteiger partial charge in [-0.25, -0.2) is 16.8 Å². The van der Waals surface area contributed by atoms with E-state index in [-0.39, 0.29) is 21.2 Å². The maximum Gasteiger partial charge on any atom is 0.267 e. The van der Waals surface area contributed by atoms with Crippen molar-refractivity contribution in [1.29, 1.82) is 0 Å². The van der Waals surface area contributed by atoms with Gasteiger partial charge in [-0.3, -0.25) is 9.03 Å². The second-order valence-electron chi connectivity index (χ2n) is 7.46. The van der Waals surface area contributed by atoms with Gasteiger partial charge in [0.25, 0.3) is 20.0 Å². The molecule has 9 nitrogen and oxygen atoms in total. The first-order chi connectivity index (χ1) is 15.1. The molecule has 4 rings (SSSR count). The van der Waals surface area contributed by atoms with Crippen molar-refractivity contribution in [3.63, 3.8) is 0 Å². The van der Waals surface area contributed by atoms with Gasteiger partial charge < -0.3 is 9.26 Å². The molecule has 0 aliphatic carbocycles. The van der Waals surface area contributed by atoms with Crippen LogP contribution in [0.5, 0.6) is 5.75 Å². The minimum absolute atomic E-state index is 0.000990. The molecule has 1 aliphatic heterocycles. The molecule has 1 aromatic heterocycles. The molecular weight excluding hydrogens is 454 g/mol. The summed E-state index contributed by atoms with van der Waals surface area (Å²) in [5, 5.41) is 3.70. The Bertz CT molecular complexity index is 1340. The molecule has 0 spiro atoms. The average Bonchev–Trinajstić information content (AvgIpc) is 3.11. The molecule has 1 N–H and O–H groups in total. The Balaban J connectivity index is 1.65. The van der Waals surface area contributed by atoms with Gasteiger partial charge in [0.2, 0.25) is 0 Å². The highest BCUT2D eigenvalue weighted by molar-refractivity contribution is 7.93. The first kappa shape index (κ1) is 22.2. The lowest BCUT2D eigenvalue weighted by molar-refractivity contribution is 0.390. The third kappa shape index (κ3) is 3.93. The predicted molar refractivity (Wildman–Crippen MR) is 119 cm³/mol. The Morgan fingerprint density at radius 3 is 2.41 bits per heavy atom. The number of hydrogen-bond donors (Lipinski definition) is 1. The van der Waals surface area contributed by atoms with E-state index in [4.69, 9.17) is 9.26 Å². The van der Waals surface area contributed by atoms with Crippen LogP contribution in [-0.4, -0.2) is 35.6 Å². The van der Waals surface area contributed by atoms with Crippen molar-refractivity contribution >= 4 is 31.4 Å². The van der Waals surface area contributed by atoms with Crippen LogP contribution in [-0.2, 0) is 26.5 Å². The van der Waals surface area contributed by atoms with Crippen LogP contribution >= 0.6 is 0 Å².